The Morgan fingerprint density at radius 2 is 1.87 bits per heavy atom. The zero-order chi connectivity index (χ0) is 27.7. The first kappa shape index (κ1) is 27.1. The zero-order valence-corrected chi connectivity index (χ0v) is 24.2. The Morgan fingerprint density at radius 1 is 1.10 bits per heavy atom. The number of fused-ring (bicyclic) bond motifs is 1. The molecule has 4 heterocycles. The van der Waals surface area contributed by atoms with Gasteiger partial charge >= 0.3 is 0 Å². The van der Waals surface area contributed by atoms with E-state index in [9.17, 15) is 5.11 Å². The third kappa shape index (κ3) is 5.63. The van der Waals surface area contributed by atoms with Crippen molar-refractivity contribution in [1.82, 2.24) is 19.9 Å². The number of rotatable bonds is 8. The molecule has 1 fully saturated rings. The number of aryl methyl sites for hydroxylation is 2. The summed E-state index contributed by atoms with van der Waals surface area (Å²) in [7, 11) is 3.76. The minimum absolute atomic E-state index is 0.00841. The molecular weight excluding hydrogens is 512 g/mol. The Labute approximate surface area is 233 Å². The fourth-order valence-corrected chi connectivity index (χ4v) is 5.89. The van der Waals surface area contributed by atoms with Gasteiger partial charge in [-0.2, -0.15) is 0 Å². The van der Waals surface area contributed by atoms with Gasteiger partial charge in [-0.1, -0.05) is 0 Å². The molecular formula is C29H36N6O3S. The van der Waals surface area contributed by atoms with Crippen molar-refractivity contribution in [3.8, 4) is 22.8 Å². The maximum Gasteiger partial charge on any atom is 0.227 e. The van der Waals surface area contributed by atoms with Gasteiger partial charge in [0.2, 0.25) is 11.8 Å². The number of likely N-dealkylation sites (N-methyl/N-ethyl adjacent to an activating group) is 1. The molecule has 1 aliphatic heterocycles. The smallest absolute Gasteiger partial charge is 0.227 e. The molecule has 0 aliphatic carbocycles. The van der Waals surface area contributed by atoms with E-state index in [2.05, 4.69) is 51.2 Å². The second kappa shape index (κ2) is 11.3. The van der Waals surface area contributed by atoms with Gasteiger partial charge in [0, 0.05) is 59.6 Å². The highest BCUT2D eigenvalue weighted by Crippen LogP contribution is 2.42. The van der Waals surface area contributed by atoms with E-state index in [1.165, 1.54) is 17.0 Å². The lowest BCUT2D eigenvalue weighted by Crippen LogP contribution is -2.44. The maximum absolute atomic E-state index is 10.2. The number of aliphatic hydroxyl groups is 1. The van der Waals surface area contributed by atoms with Crippen molar-refractivity contribution in [3.63, 3.8) is 0 Å². The predicted molar refractivity (Wildman–Crippen MR) is 158 cm³/mol. The van der Waals surface area contributed by atoms with E-state index in [1.54, 1.807) is 13.3 Å². The van der Waals surface area contributed by atoms with Gasteiger partial charge in [-0.25, -0.2) is 15.0 Å². The van der Waals surface area contributed by atoms with Crippen LogP contribution in [0.1, 0.15) is 30.0 Å². The molecule has 4 aromatic rings. The van der Waals surface area contributed by atoms with Crippen LogP contribution in [0.2, 0.25) is 0 Å². The molecule has 0 atom stereocenters. The number of pyridine rings is 1. The quantitative estimate of drug-likeness (QED) is 0.310. The van der Waals surface area contributed by atoms with Gasteiger partial charge in [-0.05, 0) is 58.5 Å². The van der Waals surface area contributed by atoms with E-state index in [1.807, 2.05) is 32.9 Å². The van der Waals surface area contributed by atoms with Crippen LogP contribution in [0.5, 0.6) is 11.6 Å². The average molecular weight is 549 g/mol. The van der Waals surface area contributed by atoms with E-state index in [0.717, 1.165) is 75.1 Å². The SMILES string of the molecule is COc1nc(C)ccc1-c1c(CO)sc2cnc(Nc3cc(C)c(N4CCN(C)CC4)cc3OC(C)C)nc12. The van der Waals surface area contributed by atoms with Crippen LogP contribution in [-0.4, -0.2) is 71.4 Å². The number of aliphatic hydroxyl groups excluding tert-OH is 1. The van der Waals surface area contributed by atoms with E-state index < -0.39 is 0 Å². The van der Waals surface area contributed by atoms with Crippen molar-refractivity contribution < 1.29 is 14.6 Å². The monoisotopic (exact) mass is 548 g/mol. The summed E-state index contributed by atoms with van der Waals surface area (Å²) in [6.45, 7) is 12.0. The highest BCUT2D eigenvalue weighted by Gasteiger charge is 2.22. The number of ether oxygens (including phenoxy) is 2. The molecule has 0 spiro atoms. The van der Waals surface area contributed by atoms with Crippen molar-refractivity contribution in [1.29, 1.82) is 0 Å². The number of hydrogen-bond acceptors (Lipinski definition) is 10. The predicted octanol–water partition coefficient (Wildman–Crippen LogP) is 5.15. The van der Waals surface area contributed by atoms with Crippen molar-refractivity contribution in [2.45, 2.75) is 40.4 Å². The van der Waals surface area contributed by atoms with Crippen molar-refractivity contribution in [2.75, 3.05) is 50.6 Å². The lowest BCUT2D eigenvalue weighted by atomic mass is 10.1. The van der Waals surface area contributed by atoms with Crippen LogP contribution in [0.4, 0.5) is 17.3 Å². The van der Waals surface area contributed by atoms with Crippen molar-refractivity contribution >= 4 is 38.9 Å². The normalized spacial score (nSPS) is 14.3. The molecule has 1 saturated heterocycles. The Balaban J connectivity index is 1.55. The lowest BCUT2D eigenvalue weighted by molar-refractivity contribution is 0.243. The number of nitrogens with zero attached hydrogens (tertiary/aromatic N) is 5. The summed E-state index contributed by atoms with van der Waals surface area (Å²) in [5.41, 5.74) is 6.35. The Bertz CT molecular complexity index is 1480. The first-order chi connectivity index (χ1) is 18.8. The van der Waals surface area contributed by atoms with Gasteiger partial charge in [-0.3, -0.25) is 0 Å². The summed E-state index contributed by atoms with van der Waals surface area (Å²) >= 11 is 1.47. The zero-order valence-electron chi connectivity index (χ0n) is 23.4. The summed E-state index contributed by atoms with van der Waals surface area (Å²) in [5.74, 6) is 1.71. The Morgan fingerprint density at radius 3 is 2.56 bits per heavy atom. The molecule has 39 heavy (non-hydrogen) atoms. The molecule has 0 radical (unpaired) electrons. The number of methoxy groups -OCH3 is 1. The van der Waals surface area contributed by atoms with Gasteiger partial charge in [0.25, 0.3) is 0 Å². The largest absolute Gasteiger partial charge is 0.489 e. The second-order valence-corrected chi connectivity index (χ2v) is 11.3. The van der Waals surface area contributed by atoms with Crippen molar-refractivity contribution in [2.24, 2.45) is 0 Å². The standard InChI is InChI=1S/C29H36N6O3S/c1-17(2)38-23-14-22(35-11-9-34(5)10-12-35)18(3)13-21(23)32-29-30-15-24-27(33-29)26(25(16-36)39-24)20-8-7-19(4)31-28(20)37-6/h7-8,13-15,17,36H,9-12,16H2,1-6H3,(H,30,32,33). The minimum atomic E-state index is -0.116. The number of nitrogens with one attached hydrogen (secondary N) is 1. The number of aromatic nitrogens is 3. The molecule has 10 heteroatoms. The lowest BCUT2D eigenvalue weighted by Gasteiger charge is -2.35. The van der Waals surface area contributed by atoms with E-state index in [4.69, 9.17) is 14.5 Å². The number of piperazine rings is 1. The van der Waals surface area contributed by atoms with E-state index in [-0.39, 0.29) is 12.7 Å². The van der Waals surface area contributed by atoms with Crippen LogP contribution in [0.25, 0.3) is 21.3 Å². The maximum atomic E-state index is 10.2. The number of hydrogen-bond donors (Lipinski definition) is 2. The third-order valence-electron chi connectivity index (χ3n) is 6.86. The van der Waals surface area contributed by atoms with Gasteiger partial charge < -0.3 is 29.7 Å². The molecule has 3 aromatic heterocycles. The number of thiophene rings is 1. The molecule has 1 aliphatic rings. The molecule has 0 unspecified atom stereocenters. The topological polar surface area (TPSA) is 95.9 Å². The Hall–Kier alpha value is -3.47. The third-order valence-corrected chi connectivity index (χ3v) is 7.96. The molecule has 0 saturated carbocycles. The summed E-state index contributed by atoms with van der Waals surface area (Å²) in [5, 5.41) is 13.6. The van der Waals surface area contributed by atoms with E-state index >= 15 is 0 Å². The van der Waals surface area contributed by atoms with Gasteiger partial charge in [0.15, 0.2) is 0 Å². The van der Waals surface area contributed by atoms with Crippen LogP contribution >= 0.6 is 11.3 Å². The van der Waals surface area contributed by atoms with Crippen LogP contribution in [0.3, 0.4) is 0 Å². The molecule has 9 nitrogen and oxygen atoms in total. The molecule has 1 aromatic carbocycles. The molecule has 0 bridgehead atoms. The first-order valence-electron chi connectivity index (χ1n) is 13.2. The second-order valence-electron chi connectivity index (χ2n) is 10.2. The average Bonchev–Trinajstić information content (AvgIpc) is 3.28. The molecule has 2 N–H and O–H groups in total. The highest BCUT2D eigenvalue weighted by molar-refractivity contribution is 7.19. The summed E-state index contributed by atoms with van der Waals surface area (Å²) in [6, 6.07) is 8.14. The number of anilines is 3. The van der Waals surface area contributed by atoms with Crippen molar-refractivity contribution in [3.05, 3.63) is 46.6 Å². The van der Waals surface area contributed by atoms with Gasteiger partial charge in [0.05, 0.1) is 41.9 Å². The molecule has 206 valence electrons. The van der Waals surface area contributed by atoms with Crippen LogP contribution in [0, 0.1) is 13.8 Å². The summed E-state index contributed by atoms with van der Waals surface area (Å²) < 4.78 is 12.7. The fourth-order valence-electron chi connectivity index (χ4n) is 4.90. The summed E-state index contributed by atoms with van der Waals surface area (Å²) in [6.07, 6.45) is 1.80. The number of benzene rings is 1. The molecule has 5 rings (SSSR count). The van der Waals surface area contributed by atoms with E-state index in [0.29, 0.717) is 11.8 Å². The van der Waals surface area contributed by atoms with Gasteiger partial charge in [-0.15, -0.1) is 11.3 Å². The van der Waals surface area contributed by atoms with Crippen LogP contribution < -0.4 is 19.7 Å². The fraction of sp³-hybridized carbons (Fsp3) is 0.414. The highest BCUT2D eigenvalue weighted by atomic mass is 32.1. The Kier molecular flexibility index (Phi) is 7.88. The van der Waals surface area contributed by atoms with Crippen LogP contribution in [0.15, 0.2) is 30.5 Å². The molecule has 0 amide bonds. The summed E-state index contributed by atoms with van der Waals surface area (Å²) in [4.78, 5) is 19.6. The van der Waals surface area contributed by atoms with Gasteiger partial charge in [0.1, 0.15) is 5.75 Å². The minimum Gasteiger partial charge on any atom is -0.489 e. The van der Waals surface area contributed by atoms with Crippen LogP contribution in [-0.2, 0) is 6.61 Å². The first-order valence-corrected chi connectivity index (χ1v) is 14.0.